The number of anilines is 1. The van der Waals surface area contributed by atoms with Gasteiger partial charge in [0, 0.05) is 18.2 Å². The molecule has 27 heavy (non-hydrogen) atoms. The largest absolute Gasteiger partial charge is 0.383 e. The van der Waals surface area contributed by atoms with Gasteiger partial charge in [-0.3, -0.25) is 14.5 Å². The van der Waals surface area contributed by atoms with Gasteiger partial charge in [0.1, 0.15) is 17.1 Å². The van der Waals surface area contributed by atoms with Crippen LogP contribution >= 0.6 is 11.3 Å². The van der Waals surface area contributed by atoms with Crippen molar-refractivity contribution in [2.24, 2.45) is 0 Å². The molecule has 0 saturated carbocycles. The van der Waals surface area contributed by atoms with Crippen LogP contribution in [0, 0.1) is 5.82 Å². The van der Waals surface area contributed by atoms with Crippen LogP contribution in [0.1, 0.15) is 20.7 Å². The molecule has 0 atom stereocenters. The van der Waals surface area contributed by atoms with Crippen molar-refractivity contribution in [2.45, 2.75) is 0 Å². The third-order valence-corrected chi connectivity index (χ3v) is 4.80. The summed E-state index contributed by atoms with van der Waals surface area (Å²) in [5.74, 6) is -1.11. The SMILES string of the molecule is COCCN(C(=O)c1ccccc1F)c1nnc(-c2ccc(C=O)cc2)s1. The van der Waals surface area contributed by atoms with E-state index in [1.807, 2.05) is 0 Å². The van der Waals surface area contributed by atoms with Crippen molar-refractivity contribution in [3.63, 3.8) is 0 Å². The maximum Gasteiger partial charge on any atom is 0.263 e. The Balaban J connectivity index is 1.91. The Bertz CT molecular complexity index is 943. The monoisotopic (exact) mass is 385 g/mol. The van der Waals surface area contributed by atoms with Gasteiger partial charge in [-0.1, -0.05) is 47.7 Å². The van der Waals surface area contributed by atoms with Crippen LogP contribution in [0.2, 0.25) is 0 Å². The molecule has 0 aliphatic heterocycles. The van der Waals surface area contributed by atoms with Gasteiger partial charge in [-0.05, 0) is 12.1 Å². The van der Waals surface area contributed by atoms with Crippen molar-refractivity contribution in [3.05, 3.63) is 65.5 Å². The molecular weight excluding hydrogens is 369 g/mol. The number of rotatable bonds is 7. The lowest BCUT2D eigenvalue weighted by molar-refractivity contribution is 0.0971. The first-order chi connectivity index (χ1) is 13.1. The number of nitrogens with zero attached hydrogens (tertiary/aromatic N) is 3. The smallest absolute Gasteiger partial charge is 0.263 e. The summed E-state index contributed by atoms with van der Waals surface area (Å²) in [6.07, 6.45) is 0.759. The van der Waals surface area contributed by atoms with E-state index >= 15 is 0 Å². The number of carbonyl (C=O) groups excluding carboxylic acids is 2. The predicted molar refractivity (Wildman–Crippen MR) is 101 cm³/mol. The van der Waals surface area contributed by atoms with Gasteiger partial charge in [0.05, 0.1) is 18.7 Å². The Hall–Kier alpha value is -2.97. The van der Waals surface area contributed by atoms with Crippen molar-refractivity contribution in [1.29, 1.82) is 0 Å². The first-order valence-corrected chi connectivity index (χ1v) is 8.90. The molecule has 0 unspecified atom stereocenters. The highest BCUT2D eigenvalue weighted by Crippen LogP contribution is 2.29. The molecule has 1 aromatic heterocycles. The molecule has 6 nitrogen and oxygen atoms in total. The number of hydrogen-bond donors (Lipinski definition) is 0. The standard InChI is InChI=1S/C19H16FN3O3S/c1-26-11-10-23(18(25)15-4-2-3-5-16(15)20)19-22-21-17(27-19)14-8-6-13(12-24)7-9-14/h2-9,12H,10-11H2,1H3. The zero-order valence-electron chi connectivity index (χ0n) is 14.5. The van der Waals surface area contributed by atoms with E-state index in [0.29, 0.717) is 15.7 Å². The number of hydrogen-bond acceptors (Lipinski definition) is 6. The van der Waals surface area contributed by atoms with Crippen LogP contribution in [-0.2, 0) is 4.74 Å². The summed E-state index contributed by atoms with van der Waals surface area (Å²) in [5.41, 5.74) is 1.29. The summed E-state index contributed by atoms with van der Waals surface area (Å²) < 4.78 is 19.1. The van der Waals surface area contributed by atoms with E-state index in [-0.39, 0.29) is 18.7 Å². The third-order valence-electron chi connectivity index (χ3n) is 3.81. The van der Waals surface area contributed by atoms with Gasteiger partial charge >= 0.3 is 0 Å². The predicted octanol–water partition coefficient (Wildman–Crippen LogP) is 3.45. The Labute approximate surface area is 159 Å². The average Bonchev–Trinajstić information content (AvgIpc) is 3.18. The first kappa shape index (κ1) is 18.8. The number of aldehydes is 1. The summed E-state index contributed by atoms with van der Waals surface area (Å²) in [5, 5.41) is 9.14. The quantitative estimate of drug-likeness (QED) is 0.583. The van der Waals surface area contributed by atoms with E-state index in [4.69, 9.17) is 4.74 Å². The molecule has 1 heterocycles. The second-order valence-corrected chi connectivity index (χ2v) is 6.52. The lowest BCUT2D eigenvalue weighted by Gasteiger charge is -2.19. The lowest BCUT2D eigenvalue weighted by atomic mass is 10.2. The Kier molecular flexibility index (Phi) is 6.00. The van der Waals surface area contributed by atoms with Crippen molar-refractivity contribution < 1.29 is 18.7 Å². The minimum atomic E-state index is -0.598. The number of amides is 1. The molecule has 1 amide bonds. The fourth-order valence-electron chi connectivity index (χ4n) is 2.39. The van der Waals surface area contributed by atoms with Gasteiger partial charge in [-0.2, -0.15) is 0 Å². The molecule has 0 aliphatic carbocycles. The molecule has 0 radical (unpaired) electrons. The van der Waals surface area contributed by atoms with Gasteiger partial charge in [-0.25, -0.2) is 4.39 Å². The maximum absolute atomic E-state index is 14.0. The zero-order valence-corrected chi connectivity index (χ0v) is 15.3. The zero-order chi connectivity index (χ0) is 19.2. The Morgan fingerprint density at radius 2 is 1.93 bits per heavy atom. The molecular formula is C19H16FN3O3S. The van der Waals surface area contributed by atoms with Crippen molar-refractivity contribution in [1.82, 2.24) is 10.2 Å². The number of methoxy groups -OCH3 is 1. The fourth-order valence-corrected chi connectivity index (χ4v) is 3.27. The van der Waals surface area contributed by atoms with Crippen LogP contribution in [0.15, 0.2) is 48.5 Å². The topological polar surface area (TPSA) is 72.4 Å². The van der Waals surface area contributed by atoms with E-state index in [0.717, 1.165) is 11.8 Å². The maximum atomic E-state index is 14.0. The molecule has 0 spiro atoms. The van der Waals surface area contributed by atoms with Crippen LogP contribution < -0.4 is 4.90 Å². The van der Waals surface area contributed by atoms with E-state index in [9.17, 15) is 14.0 Å². The average molecular weight is 385 g/mol. The normalized spacial score (nSPS) is 10.6. The van der Waals surface area contributed by atoms with Crippen LogP contribution in [0.5, 0.6) is 0 Å². The number of ether oxygens (including phenoxy) is 1. The molecule has 2 aromatic carbocycles. The lowest BCUT2D eigenvalue weighted by Crippen LogP contribution is -2.34. The Morgan fingerprint density at radius 3 is 2.59 bits per heavy atom. The van der Waals surface area contributed by atoms with Crippen LogP contribution in [0.3, 0.4) is 0 Å². The molecule has 8 heteroatoms. The first-order valence-electron chi connectivity index (χ1n) is 8.08. The van der Waals surface area contributed by atoms with Crippen molar-refractivity contribution >= 4 is 28.7 Å². The van der Waals surface area contributed by atoms with Gasteiger partial charge in [-0.15, -0.1) is 10.2 Å². The van der Waals surface area contributed by atoms with E-state index in [1.54, 1.807) is 30.3 Å². The molecule has 0 aliphatic rings. The van der Waals surface area contributed by atoms with Crippen LogP contribution in [-0.4, -0.2) is 42.7 Å². The summed E-state index contributed by atoms with van der Waals surface area (Å²) in [7, 11) is 1.52. The van der Waals surface area contributed by atoms with E-state index < -0.39 is 11.7 Å². The highest BCUT2D eigenvalue weighted by molar-refractivity contribution is 7.18. The van der Waals surface area contributed by atoms with E-state index in [1.165, 1.54) is 41.5 Å². The van der Waals surface area contributed by atoms with E-state index in [2.05, 4.69) is 10.2 Å². The van der Waals surface area contributed by atoms with Crippen LogP contribution in [0.4, 0.5) is 9.52 Å². The van der Waals surface area contributed by atoms with Gasteiger partial charge < -0.3 is 4.74 Å². The van der Waals surface area contributed by atoms with Gasteiger partial charge in [0.2, 0.25) is 5.13 Å². The van der Waals surface area contributed by atoms with Gasteiger partial charge in [0.25, 0.3) is 5.91 Å². The molecule has 138 valence electrons. The molecule has 3 aromatic rings. The summed E-state index contributed by atoms with van der Waals surface area (Å²) in [6.45, 7) is 0.478. The van der Waals surface area contributed by atoms with Gasteiger partial charge in [0.15, 0.2) is 0 Å². The Morgan fingerprint density at radius 1 is 1.19 bits per heavy atom. The molecule has 3 rings (SSSR count). The number of aromatic nitrogens is 2. The van der Waals surface area contributed by atoms with Crippen molar-refractivity contribution in [3.8, 4) is 10.6 Å². The van der Waals surface area contributed by atoms with Crippen molar-refractivity contribution in [2.75, 3.05) is 25.2 Å². The number of carbonyl (C=O) groups is 2. The minimum absolute atomic E-state index is 0.0410. The van der Waals surface area contributed by atoms with Crippen LogP contribution in [0.25, 0.3) is 10.6 Å². The second kappa shape index (κ2) is 8.61. The number of benzene rings is 2. The second-order valence-electron chi connectivity index (χ2n) is 5.56. The highest BCUT2D eigenvalue weighted by atomic mass is 32.1. The molecule has 0 N–H and O–H groups in total. The minimum Gasteiger partial charge on any atom is -0.383 e. The summed E-state index contributed by atoms with van der Waals surface area (Å²) >= 11 is 1.20. The highest BCUT2D eigenvalue weighted by Gasteiger charge is 2.24. The molecule has 0 saturated heterocycles. The molecule has 0 bridgehead atoms. The summed E-state index contributed by atoms with van der Waals surface area (Å²) in [6, 6.07) is 12.7. The number of halogens is 1. The third kappa shape index (κ3) is 4.24. The molecule has 0 fully saturated rings. The fraction of sp³-hybridized carbons (Fsp3) is 0.158. The summed E-state index contributed by atoms with van der Waals surface area (Å²) in [4.78, 5) is 25.0.